The van der Waals surface area contributed by atoms with Crippen LogP contribution in [0.4, 0.5) is 25.8 Å². The topological polar surface area (TPSA) is 47.3 Å². The quantitative estimate of drug-likeness (QED) is 0.828. The molecular weight excluding hydrogens is 262 g/mol. The highest BCUT2D eigenvalue weighted by molar-refractivity contribution is 5.77. The van der Waals surface area contributed by atoms with Crippen molar-refractivity contribution in [3.63, 3.8) is 0 Å². The van der Waals surface area contributed by atoms with E-state index in [-0.39, 0.29) is 11.8 Å². The molecule has 0 spiro atoms. The van der Waals surface area contributed by atoms with E-state index < -0.39 is 11.6 Å². The first-order chi connectivity index (χ1) is 9.49. The predicted molar refractivity (Wildman–Crippen MR) is 76.3 cm³/mol. The minimum absolute atomic E-state index is 0.0263. The van der Waals surface area contributed by atoms with Crippen molar-refractivity contribution in [3.05, 3.63) is 48.0 Å². The van der Waals surface area contributed by atoms with Crippen LogP contribution in [-0.4, -0.2) is 6.10 Å². The second kappa shape index (κ2) is 5.77. The van der Waals surface area contributed by atoms with E-state index in [1.165, 1.54) is 12.1 Å². The van der Waals surface area contributed by atoms with E-state index in [1.807, 2.05) is 13.8 Å². The molecule has 0 aliphatic heterocycles. The van der Waals surface area contributed by atoms with Crippen LogP contribution in [0.3, 0.4) is 0 Å². The molecule has 0 saturated heterocycles. The van der Waals surface area contributed by atoms with Gasteiger partial charge in [0.25, 0.3) is 0 Å². The zero-order valence-electron chi connectivity index (χ0n) is 11.3. The molecule has 0 bridgehead atoms. The average Bonchev–Trinajstić information content (AvgIpc) is 2.39. The van der Waals surface area contributed by atoms with E-state index in [1.54, 1.807) is 18.2 Å². The minimum atomic E-state index is -0.943. The van der Waals surface area contributed by atoms with Gasteiger partial charge in [0, 0.05) is 0 Å². The Morgan fingerprint density at radius 2 is 1.70 bits per heavy atom. The Hall–Kier alpha value is -2.30. The monoisotopic (exact) mass is 278 g/mol. The van der Waals surface area contributed by atoms with E-state index in [9.17, 15) is 8.78 Å². The Morgan fingerprint density at radius 1 is 1.05 bits per heavy atom. The number of nitrogen functional groups attached to an aromatic ring is 1. The second-order valence-corrected chi connectivity index (χ2v) is 4.61. The fraction of sp³-hybridized carbons (Fsp3) is 0.200. The molecule has 2 rings (SSSR count). The molecule has 20 heavy (non-hydrogen) atoms. The maximum atomic E-state index is 13.6. The zero-order chi connectivity index (χ0) is 14.7. The van der Waals surface area contributed by atoms with Crippen LogP contribution in [0, 0.1) is 11.6 Å². The summed E-state index contributed by atoms with van der Waals surface area (Å²) in [6, 6.07) is 9.05. The summed E-state index contributed by atoms with van der Waals surface area (Å²) < 4.78 is 32.3. The number of ether oxygens (including phenoxy) is 1. The van der Waals surface area contributed by atoms with Crippen molar-refractivity contribution in [1.82, 2.24) is 0 Å². The van der Waals surface area contributed by atoms with Crippen molar-refractivity contribution in [2.24, 2.45) is 0 Å². The zero-order valence-corrected chi connectivity index (χ0v) is 11.3. The summed E-state index contributed by atoms with van der Waals surface area (Å²) in [6.07, 6.45) is -0.0292. The maximum Gasteiger partial charge on any atom is 0.182 e. The standard InChI is InChI=1S/C15H16F2N2O/c1-9(2)20-13-8-4-7-12(15(13)18)19-11-6-3-5-10(16)14(11)17/h3-9,19H,18H2,1-2H3. The molecule has 0 radical (unpaired) electrons. The molecule has 0 aliphatic carbocycles. The summed E-state index contributed by atoms with van der Waals surface area (Å²) in [4.78, 5) is 0. The molecule has 2 aromatic rings. The molecule has 0 amide bonds. The molecule has 0 saturated carbocycles. The largest absolute Gasteiger partial charge is 0.489 e. The summed E-state index contributed by atoms with van der Waals surface area (Å²) in [5.74, 6) is -1.35. The number of anilines is 3. The fourth-order valence-corrected chi connectivity index (χ4v) is 1.76. The summed E-state index contributed by atoms with van der Waals surface area (Å²) in [5, 5.41) is 2.77. The van der Waals surface area contributed by atoms with Gasteiger partial charge in [-0.15, -0.1) is 0 Å². The van der Waals surface area contributed by atoms with Crippen LogP contribution in [0.2, 0.25) is 0 Å². The van der Waals surface area contributed by atoms with Crippen LogP contribution in [0.15, 0.2) is 36.4 Å². The Bertz CT molecular complexity index is 615. The van der Waals surface area contributed by atoms with Gasteiger partial charge in [0.05, 0.1) is 23.2 Å². The van der Waals surface area contributed by atoms with Crippen molar-refractivity contribution in [2.75, 3.05) is 11.1 Å². The Kier molecular flexibility index (Phi) is 4.08. The van der Waals surface area contributed by atoms with Gasteiger partial charge in [-0.1, -0.05) is 12.1 Å². The van der Waals surface area contributed by atoms with Crippen LogP contribution in [0.25, 0.3) is 0 Å². The van der Waals surface area contributed by atoms with Crippen LogP contribution < -0.4 is 15.8 Å². The summed E-state index contributed by atoms with van der Waals surface area (Å²) >= 11 is 0. The highest BCUT2D eigenvalue weighted by Crippen LogP contribution is 2.33. The van der Waals surface area contributed by atoms with Gasteiger partial charge < -0.3 is 15.8 Å². The Balaban J connectivity index is 2.32. The average molecular weight is 278 g/mol. The number of para-hydroxylation sites is 1. The van der Waals surface area contributed by atoms with Crippen molar-refractivity contribution in [3.8, 4) is 5.75 Å². The number of halogens is 2. The minimum Gasteiger partial charge on any atom is -0.489 e. The third kappa shape index (κ3) is 2.99. The van der Waals surface area contributed by atoms with Gasteiger partial charge in [-0.25, -0.2) is 8.78 Å². The lowest BCUT2D eigenvalue weighted by Gasteiger charge is -2.16. The van der Waals surface area contributed by atoms with E-state index in [2.05, 4.69) is 5.32 Å². The second-order valence-electron chi connectivity index (χ2n) is 4.61. The van der Waals surface area contributed by atoms with Gasteiger partial charge >= 0.3 is 0 Å². The van der Waals surface area contributed by atoms with Crippen molar-refractivity contribution in [1.29, 1.82) is 0 Å². The number of nitrogens with two attached hydrogens (primary N) is 1. The summed E-state index contributed by atoms with van der Waals surface area (Å²) in [6.45, 7) is 3.76. The third-order valence-corrected chi connectivity index (χ3v) is 2.65. The summed E-state index contributed by atoms with van der Waals surface area (Å²) in [7, 11) is 0. The maximum absolute atomic E-state index is 13.6. The number of nitrogens with one attached hydrogen (secondary N) is 1. The van der Waals surface area contributed by atoms with Gasteiger partial charge in [0.1, 0.15) is 5.75 Å². The molecule has 2 aromatic carbocycles. The predicted octanol–water partition coefficient (Wildman–Crippen LogP) is 4.08. The Morgan fingerprint density at radius 3 is 2.40 bits per heavy atom. The van der Waals surface area contributed by atoms with E-state index in [4.69, 9.17) is 10.5 Å². The highest BCUT2D eigenvalue weighted by atomic mass is 19.2. The number of hydrogen-bond donors (Lipinski definition) is 2. The number of benzene rings is 2. The van der Waals surface area contributed by atoms with Gasteiger partial charge in [-0.2, -0.15) is 0 Å². The molecule has 3 nitrogen and oxygen atoms in total. The molecule has 0 atom stereocenters. The molecular formula is C15H16F2N2O. The molecule has 0 fully saturated rings. The van der Waals surface area contributed by atoms with Gasteiger partial charge in [-0.05, 0) is 38.1 Å². The van der Waals surface area contributed by atoms with Crippen LogP contribution in [-0.2, 0) is 0 Å². The van der Waals surface area contributed by atoms with Crippen molar-refractivity contribution in [2.45, 2.75) is 20.0 Å². The SMILES string of the molecule is CC(C)Oc1cccc(Nc2cccc(F)c2F)c1N. The van der Waals surface area contributed by atoms with Crippen LogP contribution in [0.1, 0.15) is 13.8 Å². The molecule has 0 unspecified atom stereocenters. The van der Waals surface area contributed by atoms with Crippen molar-refractivity contribution >= 4 is 17.1 Å². The first-order valence-electron chi connectivity index (χ1n) is 6.25. The number of rotatable bonds is 4. The molecule has 0 aliphatic rings. The van der Waals surface area contributed by atoms with Crippen LogP contribution in [0.5, 0.6) is 5.75 Å². The van der Waals surface area contributed by atoms with E-state index >= 15 is 0 Å². The van der Waals surface area contributed by atoms with Crippen LogP contribution >= 0.6 is 0 Å². The third-order valence-electron chi connectivity index (χ3n) is 2.65. The Labute approximate surface area is 116 Å². The molecule has 0 heterocycles. The lowest BCUT2D eigenvalue weighted by Crippen LogP contribution is -2.08. The van der Waals surface area contributed by atoms with E-state index in [0.29, 0.717) is 17.1 Å². The van der Waals surface area contributed by atoms with Gasteiger partial charge in [0.2, 0.25) is 0 Å². The van der Waals surface area contributed by atoms with Crippen molar-refractivity contribution < 1.29 is 13.5 Å². The van der Waals surface area contributed by atoms with Gasteiger partial charge in [0.15, 0.2) is 11.6 Å². The lowest BCUT2D eigenvalue weighted by molar-refractivity contribution is 0.244. The first kappa shape index (κ1) is 14.1. The fourth-order valence-electron chi connectivity index (χ4n) is 1.76. The van der Waals surface area contributed by atoms with Gasteiger partial charge in [-0.3, -0.25) is 0 Å². The van der Waals surface area contributed by atoms with E-state index in [0.717, 1.165) is 6.07 Å². The first-order valence-corrected chi connectivity index (χ1v) is 6.25. The summed E-state index contributed by atoms with van der Waals surface area (Å²) in [5.41, 5.74) is 6.81. The highest BCUT2D eigenvalue weighted by Gasteiger charge is 2.11. The lowest BCUT2D eigenvalue weighted by atomic mass is 10.2. The smallest absolute Gasteiger partial charge is 0.182 e. The molecule has 106 valence electrons. The number of hydrogen-bond acceptors (Lipinski definition) is 3. The molecule has 0 aromatic heterocycles. The normalized spacial score (nSPS) is 10.7. The molecule has 3 N–H and O–H groups in total. The molecule has 5 heteroatoms.